The molecule has 20 heavy (non-hydrogen) atoms. The summed E-state index contributed by atoms with van der Waals surface area (Å²) in [7, 11) is -3.53. The van der Waals surface area contributed by atoms with E-state index in [1.165, 1.54) is 12.1 Å². The van der Waals surface area contributed by atoms with Gasteiger partial charge in [-0.3, -0.25) is 9.50 Å². The Labute approximate surface area is 117 Å². The van der Waals surface area contributed by atoms with E-state index in [-0.39, 0.29) is 12.4 Å². The highest BCUT2D eigenvalue weighted by Gasteiger charge is 2.16. The maximum Gasteiger partial charge on any atom is 0.413 e. The van der Waals surface area contributed by atoms with Crippen molar-refractivity contribution in [3.8, 4) is 0 Å². The molecule has 1 rings (SSSR count). The molecule has 1 N–H and O–H groups in total. The van der Waals surface area contributed by atoms with Gasteiger partial charge in [0.25, 0.3) is 10.1 Å². The van der Waals surface area contributed by atoms with Gasteiger partial charge in [0.1, 0.15) is 12.2 Å². The summed E-state index contributed by atoms with van der Waals surface area (Å²) in [6.45, 7) is 5.01. The molecule has 0 saturated heterocycles. The van der Waals surface area contributed by atoms with Crippen molar-refractivity contribution in [1.82, 2.24) is 10.2 Å². The number of anilines is 1. The lowest BCUT2D eigenvalue weighted by Crippen LogP contribution is -2.27. The fourth-order valence-electron chi connectivity index (χ4n) is 1.08. The highest BCUT2D eigenvalue weighted by molar-refractivity contribution is 7.85. The van der Waals surface area contributed by atoms with Crippen LogP contribution in [0.1, 0.15) is 26.5 Å². The average molecular weight is 303 g/mol. The summed E-state index contributed by atoms with van der Waals surface area (Å²) >= 11 is 0. The second kappa shape index (κ2) is 6.14. The van der Waals surface area contributed by atoms with Crippen molar-refractivity contribution in [2.24, 2.45) is 0 Å². The second-order valence-electron chi connectivity index (χ2n) is 5.00. The molecule has 112 valence electrons. The van der Waals surface area contributed by atoms with E-state index in [1.54, 1.807) is 20.8 Å². The van der Waals surface area contributed by atoms with Crippen LogP contribution in [-0.4, -0.2) is 36.6 Å². The summed E-state index contributed by atoms with van der Waals surface area (Å²) in [5, 5.41) is 9.84. The summed E-state index contributed by atoms with van der Waals surface area (Å²) in [5.41, 5.74) is -0.286. The molecule has 1 heterocycles. The van der Waals surface area contributed by atoms with Crippen molar-refractivity contribution in [2.75, 3.05) is 11.6 Å². The highest BCUT2D eigenvalue weighted by atomic mass is 32.2. The molecule has 0 fully saturated rings. The number of ether oxygens (including phenoxy) is 1. The van der Waals surface area contributed by atoms with Gasteiger partial charge in [-0.15, -0.1) is 5.10 Å². The molecule has 0 atom stereocenters. The molecule has 0 unspecified atom stereocenters. The third kappa shape index (κ3) is 7.00. The third-order valence-electron chi connectivity index (χ3n) is 1.77. The fourth-order valence-corrected chi connectivity index (χ4v) is 1.41. The molecule has 0 saturated carbocycles. The molecule has 0 aromatic carbocycles. The first-order chi connectivity index (χ1) is 9.05. The van der Waals surface area contributed by atoms with Gasteiger partial charge in [0.2, 0.25) is 0 Å². The SMILES string of the molecule is CC(C)(C)OC(=O)Nc1ccc(COS(C)(=O)=O)nn1. The minimum atomic E-state index is -3.53. The fraction of sp³-hybridized carbons (Fsp3) is 0.545. The molecule has 1 aromatic rings. The average Bonchev–Trinajstić information content (AvgIpc) is 2.24. The van der Waals surface area contributed by atoms with Crippen LogP contribution in [0, 0.1) is 0 Å². The minimum absolute atomic E-state index is 0.197. The van der Waals surface area contributed by atoms with Crippen molar-refractivity contribution < 1.29 is 22.1 Å². The van der Waals surface area contributed by atoms with Gasteiger partial charge in [-0.25, -0.2) is 4.79 Å². The Morgan fingerprint density at radius 2 is 1.95 bits per heavy atom. The van der Waals surface area contributed by atoms with Crippen molar-refractivity contribution in [1.29, 1.82) is 0 Å². The van der Waals surface area contributed by atoms with Crippen molar-refractivity contribution in [2.45, 2.75) is 33.0 Å². The smallest absolute Gasteiger partial charge is 0.413 e. The lowest BCUT2D eigenvalue weighted by molar-refractivity contribution is 0.0635. The van der Waals surface area contributed by atoms with Crippen LogP contribution in [0.3, 0.4) is 0 Å². The summed E-state index contributed by atoms with van der Waals surface area (Å²) in [6.07, 6.45) is 0.297. The Kier molecular flexibility index (Phi) is 5.01. The van der Waals surface area contributed by atoms with Crippen molar-refractivity contribution in [3.05, 3.63) is 17.8 Å². The van der Waals surface area contributed by atoms with Crippen LogP contribution in [-0.2, 0) is 25.6 Å². The van der Waals surface area contributed by atoms with Gasteiger partial charge >= 0.3 is 6.09 Å². The molecule has 8 nitrogen and oxygen atoms in total. The van der Waals surface area contributed by atoms with Crippen LogP contribution in [0.2, 0.25) is 0 Å². The molecule has 0 aliphatic heterocycles. The maximum atomic E-state index is 11.5. The van der Waals surface area contributed by atoms with Gasteiger partial charge in [-0.2, -0.15) is 13.5 Å². The van der Waals surface area contributed by atoms with E-state index < -0.39 is 21.8 Å². The van der Waals surface area contributed by atoms with E-state index in [9.17, 15) is 13.2 Å². The quantitative estimate of drug-likeness (QED) is 0.835. The largest absolute Gasteiger partial charge is 0.444 e. The number of nitrogens with zero attached hydrogens (tertiary/aromatic N) is 2. The van der Waals surface area contributed by atoms with E-state index >= 15 is 0 Å². The van der Waals surface area contributed by atoms with E-state index in [4.69, 9.17) is 4.74 Å². The summed E-state index contributed by atoms with van der Waals surface area (Å²) in [4.78, 5) is 11.5. The number of hydrogen-bond acceptors (Lipinski definition) is 7. The van der Waals surface area contributed by atoms with E-state index in [0.29, 0.717) is 5.69 Å². The summed E-state index contributed by atoms with van der Waals surface area (Å²) in [5.74, 6) is 0.197. The van der Waals surface area contributed by atoms with E-state index in [2.05, 4.69) is 19.7 Å². The van der Waals surface area contributed by atoms with Crippen LogP contribution in [0.5, 0.6) is 0 Å². The first kappa shape index (κ1) is 16.3. The Balaban J connectivity index is 2.57. The number of rotatable bonds is 4. The molecule has 0 aliphatic carbocycles. The number of hydrogen-bond donors (Lipinski definition) is 1. The molecular weight excluding hydrogens is 286 g/mol. The van der Waals surface area contributed by atoms with Gasteiger partial charge in [-0.1, -0.05) is 0 Å². The zero-order valence-corrected chi connectivity index (χ0v) is 12.5. The number of nitrogens with one attached hydrogen (secondary N) is 1. The lowest BCUT2D eigenvalue weighted by atomic mass is 10.2. The Morgan fingerprint density at radius 1 is 1.30 bits per heavy atom. The normalized spacial score (nSPS) is 12.0. The summed E-state index contributed by atoms with van der Waals surface area (Å²) < 4.78 is 31.2. The summed E-state index contributed by atoms with van der Waals surface area (Å²) in [6, 6.07) is 2.96. The lowest BCUT2D eigenvalue weighted by Gasteiger charge is -2.19. The number of amides is 1. The molecule has 9 heteroatoms. The highest BCUT2D eigenvalue weighted by Crippen LogP contribution is 2.10. The molecule has 0 aliphatic rings. The molecule has 0 bridgehead atoms. The molecule has 0 spiro atoms. The van der Waals surface area contributed by atoms with E-state index in [0.717, 1.165) is 6.26 Å². The molecular formula is C11H17N3O5S. The van der Waals surface area contributed by atoms with Gasteiger partial charge in [-0.05, 0) is 32.9 Å². The molecule has 1 aromatic heterocycles. The van der Waals surface area contributed by atoms with E-state index in [1.807, 2.05) is 0 Å². The van der Waals surface area contributed by atoms with Crippen molar-refractivity contribution in [3.63, 3.8) is 0 Å². The topological polar surface area (TPSA) is 107 Å². The van der Waals surface area contributed by atoms with Gasteiger partial charge in [0.05, 0.1) is 11.9 Å². The van der Waals surface area contributed by atoms with Crippen LogP contribution >= 0.6 is 0 Å². The standard InChI is InChI=1S/C11H17N3O5S/c1-11(2,3)19-10(15)12-9-6-5-8(13-14-9)7-18-20(4,16)17/h5-6H,7H2,1-4H3,(H,12,14,15). The Bertz CT molecular complexity index is 563. The van der Waals surface area contributed by atoms with Gasteiger partial charge in [0.15, 0.2) is 5.82 Å². The van der Waals surface area contributed by atoms with Crippen LogP contribution in [0.15, 0.2) is 12.1 Å². The Morgan fingerprint density at radius 3 is 2.40 bits per heavy atom. The number of carbonyl (C=O) groups is 1. The van der Waals surface area contributed by atoms with Gasteiger partial charge in [0, 0.05) is 0 Å². The molecule has 0 radical (unpaired) electrons. The van der Waals surface area contributed by atoms with Crippen LogP contribution in [0.4, 0.5) is 10.6 Å². The number of aromatic nitrogens is 2. The predicted molar refractivity (Wildman–Crippen MR) is 71.5 cm³/mol. The monoisotopic (exact) mass is 303 g/mol. The van der Waals surface area contributed by atoms with Gasteiger partial charge < -0.3 is 4.74 Å². The predicted octanol–water partition coefficient (Wildman–Crippen LogP) is 1.30. The minimum Gasteiger partial charge on any atom is -0.444 e. The first-order valence-electron chi connectivity index (χ1n) is 5.72. The first-order valence-corrected chi connectivity index (χ1v) is 7.54. The maximum absolute atomic E-state index is 11.5. The second-order valence-corrected chi connectivity index (χ2v) is 6.65. The zero-order chi connectivity index (χ0) is 15.4. The zero-order valence-electron chi connectivity index (χ0n) is 11.7. The molecule has 1 amide bonds. The van der Waals surface area contributed by atoms with Crippen molar-refractivity contribution >= 4 is 22.0 Å². The van der Waals surface area contributed by atoms with Crippen LogP contribution < -0.4 is 5.32 Å². The third-order valence-corrected chi connectivity index (χ3v) is 2.32. The van der Waals surface area contributed by atoms with Crippen LogP contribution in [0.25, 0.3) is 0 Å². The Hall–Kier alpha value is -1.74. The number of carbonyl (C=O) groups excluding carboxylic acids is 1.